The Morgan fingerprint density at radius 3 is 1.60 bits per heavy atom. The third-order valence-electron chi connectivity index (χ3n) is 14.8. The van der Waals surface area contributed by atoms with E-state index in [0.29, 0.717) is 42.3 Å². The van der Waals surface area contributed by atoms with E-state index in [1.165, 1.54) is 69.4 Å². The second-order valence-corrected chi connectivity index (χ2v) is 20.4. The zero-order chi connectivity index (χ0) is 37.8. The number of rotatable bonds is 10. The van der Waals surface area contributed by atoms with E-state index in [9.17, 15) is 9.59 Å². The Kier molecular flexibility index (Phi) is 11.4. The van der Waals surface area contributed by atoms with Crippen molar-refractivity contribution in [2.75, 3.05) is 26.6 Å². The minimum atomic E-state index is -0.303. The maximum Gasteiger partial charge on any atom is 0.308 e. The number of fused-ring (bicyclic) bond motifs is 11. The van der Waals surface area contributed by atoms with Crippen molar-refractivity contribution < 1.29 is 38.0 Å². The molecule has 10 heteroatoms. The average Bonchev–Trinajstić information content (AvgIpc) is 4.02. The second kappa shape index (κ2) is 16.3. The van der Waals surface area contributed by atoms with Crippen molar-refractivity contribution in [3.8, 4) is 11.5 Å². The van der Waals surface area contributed by atoms with Crippen molar-refractivity contribution in [3.63, 3.8) is 0 Å². The molecule has 2 aliphatic heterocycles. The molecule has 8 nitrogen and oxygen atoms in total. The molecule has 0 amide bonds. The van der Waals surface area contributed by atoms with Crippen molar-refractivity contribution >= 4 is 34.6 Å². The molecule has 16 unspecified atom stereocenters. The molecule has 2 heterocycles. The topological polar surface area (TPSA) is 89.5 Å². The van der Waals surface area contributed by atoms with Crippen LogP contribution in [0.5, 0.6) is 11.5 Å². The number of hydrogen-bond acceptors (Lipinski definition) is 10. The molecular formula is C45H58O8S2. The summed E-state index contributed by atoms with van der Waals surface area (Å²) in [6.07, 6.45) is 14.6. The molecule has 2 aromatic carbocycles. The molecule has 0 N–H and O–H groups in total. The maximum absolute atomic E-state index is 11.6. The highest BCUT2D eigenvalue weighted by atomic mass is 32.2. The first-order valence-corrected chi connectivity index (χ1v) is 23.0. The largest absolute Gasteiger partial charge is 0.497 e. The molecule has 6 saturated carbocycles. The zero-order valence-corrected chi connectivity index (χ0v) is 34.4. The highest BCUT2D eigenvalue weighted by Gasteiger charge is 2.60. The van der Waals surface area contributed by atoms with Crippen molar-refractivity contribution in [1.29, 1.82) is 0 Å². The van der Waals surface area contributed by atoms with Gasteiger partial charge in [0.2, 0.25) is 0 Å². The lowest BCUT2D eigenvalue weighted by Crippen LogP contribution is -2.41. The van der Waals surface area contributed by atoms with Gasteiger partial charge in [-0.15, -0.1) is 0 Å². The Labute approximate surface area is 335 Å². The summed E-state index contributed by atoms with van der Waals surface area (Å²) in [5, 5.41) is 1.69. The van der Waals surface area contributed by atoms with Crippen LogP contribution in [0, 0.1) is 47.3 Å². The van der Waals surface area contributed by atoms with Gasteiger partial charge in [-0.05, 0) is 147 Å². The molecule has 16 atom stereocenters. The fourth-order valence-electron chi connectivity index (χ4n) is 12.7. The number of carbonyl (C=O) groups excluding carboxylic acids is 2. The summed E-state index contributed by atoms with van der Waals surface area (Å²) in [6, 6.07) is 15.5. The smallest absolute Gasteiger partial charge is 0.308 e. The molecule has 8 fully saturated rings. The van der Waals surface area contributed by atoms with Crippen molar-refractivity contribution in [2.45, 2.75) is 119 Å². The van der Waals surface area contributed by atoms with Gasteiger partial charge in [-0.2, -0.15) is 11.8 Å². The minimum Gasteiger partial charge on any atom is -0.497 e. The Morgan fingerprint density at radius 2 is 1.11 bits per heavy atom. The fourth-order valence-corrected chi connectivity index (χ4v) is 14.6. The van der Waals surface area contributed by atoms with E-state index in [2.05, 4.69) is 18.0 Å². The summed E-state index contributed by atoms with van der Waals surface area (Å²) < 4.78 is 36.4. The van der Waals surface area contributed by atoms with E-state index >= 15 is 0 Å². The van der Waals surface area contributed by atoms with Crippen molar-refractivity contribution in [3.05, 3.63) is 59.7 Å². The van der Waals surface area contributed by atoms with Gasteiger partial charge < -0.3 is 28.4 Å². The summed E-state index contributed by atoms with van der Waals surface area (Å²) in [4.78, 5) is 22.5. The molecule has 0 spiro atoms. The summed E-state index contributed by atoms with van der Waals surface area (Å²) in [6.45, 7) is 4.43. The third-order valence-corrected chi connectivity index (χ3v) is 16.9. The summed E-state index contributed by atoms with van der Waals surface area (Å²) in [5.41, 5.74) is 2.38. The third kappa shape index (κ3) is 7.91. The normalized spacial score (nSPS) is 41.5. The Hall–Kier alpha value is -2.08. The second-order valence-electron chi connectivity index (χ2n) is 17.8. The van der Waals surface area contributed by atoms with Crippen LogP contribution in [-0.2, 0) is 35.0 Å². The van der Waals surface area contributed by atoms with E-state index in [0.717, 1.165) is 58.8 Å². The highest BCUT2D eigenvalue weighted by Crippen LogP contribution is 2.62. The van der Waals surface area contributed by atoms with Crippen LogP contribution in [0.15, 0.2) is 48.5 Å². The quantitative estimate of drug-likeness (QED) is 0.174. The van der Waals surface area contributed by atoms with Gasteiger partial charge in [-0.25, -0.2) is 0 Å². The first kappa shape index (κ1) is 38.4. The molecular weight excluding hydrogens is 733 g/mol. The van der Waals surface area contributed by atoms with Gasteiger partial charge in [-0.1, -0.05) is 36.0 Å². The van der Waals surface area contributed by atoms with Crippen molar-refractivity contribution in [2.24, 2.45) is 47.3 Å². The lowest BCUT2D eigenvalue weighted by Gasteiger charge is -2.34. The fraction of sp³-hybridized carbons (Fsp3) is 0.689. The van der Waals surface area contributed by atoms with E-state index in [1.807, 2.05) is 36.4 Å². The summed E-state index contributed by atoms with van der Waals surface area (Å²) >= 11 is 3.67. The first-order valence-electron chi connectivity index (χ1n) is 20.9. The van der Waals surface area contributed by atoms with Gasteiger partial charge >= 0.3 is 5.97 Å². The number of methoxy groups -OCH3 is 1. The van der Waals surface area contributed by atoms with Gasteiger partial charge in [0.1, 0.15) is 35.9 Å². The molecule has 6 aliphatic carbocycles. The van der Waals surface area contributed by atoms with Crippen LogP contribution in [0.2, 0.25) is 0 Å². The molecule has 4 bridgehead atoms. The van der Waals surface area contributed by atoms with Crippen molar-refractivity contribution in [1.82, 2.24) is 0 Å². The minimum absolute atomic E-state index is 0.0354. The predicted octanol–water partition coefficient (Wildman–Crippen LogP) is 8.01. The Balaban J connectivity index is 0.000000178. The highest BCUT2D eigenvalue weighted by molar-refractivity contribution is 8.14. The zero-order valence-electron chi connectivity index (χ0n) is 32.7. The van der Waals surface area contributed by atoms with Gasteiger partial charge in [0.15, 0.2) is 5.12 Å². The van der Waals surface area contributed by atoms with E-state index < -0.39 is 0 Å². The van der Waals surface area contributed by atoms with Crippen LogP contribution in [-0.4, -0.2) is 84.8 Å². The predicted molar refractivity (Wildman–Crippen MR) is 215 cm³/mol. The number of carbonyl (C=O) groups is 2. The lowest BCUT2D eigenvalue weighted by molar-refractivity contribution is -0.131. The van der Waals surface area contributed by atoms with E-state index in [-0.39, 0.29) is 35.5 Å². The molecule has 298 valence electrons. The molecule has 10 rings (SSSR count). The van der Waals surface area contributed by atoms with E-state index in [1.54, 1.807) is 37.9 Å². The number of thioether (sulfide) groups is 2. The van der Waals surface area contributed by atoms with Crippen LogP contribution in [0.4, 0.5) is 0 Å². The molecule has 0 aromatic heterocycles. The van der Waals surface area contributed by atoms with Crippen LogP contribution in [0.3, 0.4) is 0 Å². The van der Waals surface area contributed by atoms with Crippen LogP contribution in [0.25, 0.3) is 0 Å². The van der Waals surface area contributed by atoms with Gasteiger partial charge in [0.05, 0.1) is 32.5 Å². The maximum atomic E-state index is 11.6. The summed E-state index contributed by atoms with van der Waals surface area (Å²) in [7, 11) is 1.66. The van der Waals surface area contributed by atoms with Crippen LogP contribution in [0.1, 0.15) is 76.3 Å². The van der Waals surface area contributed by atoms with Gasteiger partial charge in [0.25, 0.3) is 0 Å². The molecule has 8 aliphatic rings. The van der Waals surface area contributed by atoms with Gasteiger partial charge in [-0.3, -0.25) is 9.59 Å². The first-order chi connectivity index (χ1) is 26.7. The SMILES string of the molecule is COc1ccc(Cc2ccc(OC(C)=O)cc2)cc1.CSC1CC2C3CC(OC4COC5C(OC6CC7CC6C6CC(SC(C)=O)CC76)COC45)C(C3)C2C1. The number of benzene rings is 2. The van der Waals surface area contributed by atoms with Crippen LogP contribution >= 0.6 is 23.5 Å². The molecule has 0 radical (unpaired) electrons. The molecule has 2 aromatic rings. The Bertz CT molecular complexity index is 1670. The molecule has 2 saturated heterocycles. The number of ether oxygens (including phenoxy) is 6. The lowest BCUT2D eigenvalue weighted by atomic mass is 9.80. The summed E-state index contributed by atoms with van der Waals surface area (Å²) in [5.74, 6) is 7.71. The van der Waals surface area contributed by atoms with Gasteiger partial charge in [0, 0.05) is 24.3 Å². The number of hydrogen-bond donors (Lipinski definition) is 0. The van der Waals surface area contributed by atoms with Crippen LogP contribution < -0.4 is 9.47 Å². The Morgan fingerprint density at radius 1 is 0.618 bits per heavy atom. The number of esters is 1. The average molecular weight is 791 g/mol. The monoisotopic (exact) mass is 790 g/mol. The van der Waals surface area contributed by atoms with E-state index in [4.69, 9.17) is 28.4 Å². The molecule has 55 heavy (non-hydrogen) atoms. The standard InChI is InChI=1S/C29H42O5S2.C16H16O3/c1-13(30)36-17-9-19-15-4-23(21(19)10-17)25(6-15)34-27-12-32-28-26(11-31-29(27)28)33-24-5-14-3-22(24)20-8-16(35-2)7-18(14)20;1-12(17)19-16-9-5-14(6-10-16)11-13-3-7-15(18-2)8-4-13/h14-29H,3-12H2,1-2H3;3-10H,11H2,1-2H3.